The largest absolute Gasteiger partial charge is 0.457 e. The predicted octanol–water partition coefficient (Wildman–Crippen LogP) is 3.60. The van der Waals surface area contributed by atoms with Crippen LogP contribution in [0, 0.1) is 5.82 Å². The summed E-state index contributed by atoms with van der Waals surface area (Å²) in [6.45, 7) is 1.95. The molecule has 1 atom stereocenters. The fraction of sp³-hybridized carbons (Fsp3) is 0.188. The number of amides is 1. The van der Waals surface area contributed by atoms with Gasteiger partial charge in [-0.1, -0.05) is 19.1 Å². The number of hydrogen-bond donors (Lipinski definition) is 1. The Morgan fingerprint density at radius 2 is 1.60 bits per heavy atom. The summed E-state index contributed by atoms with van der Waals surface area (Å²) in [6.07, 6.45) is 0.318. The lowest BCUT2D eigenvalue weighted by atomic mass is 9.97. The molecular formula is C16H16FNO2. The van der Waals surface area contributed by atoms with Crippen molar-refractivity contribution in [1.29, 1.82) is 0 Å². The molecule has 1 amide bonds. The molecule has 0 saturated carbocycles. The molecule has 0 aliphatic carbocycles. The second kappa shape index (κ2) is 6.19. The van der Waals surface area contributed by atoms with Crippen LogP contribution in [0.1, 0.15) is 24.8 Å². The molecule has 0 aliphatic rings. The topological polar surface area (TPSA) is 52.3 Å². The lowest BCUT2D eigenvalue weighted by Gasteiger charge is -2.11. The Bertz CT molecular complexity index is 578. The third-order valence-corrected chi connectivity index (χ3v) is 3.01. The van der Waals surface area contributed by atoms with Crippen LogP contribution in [-0.4, -0.2) is 5.91 Å². The lowest BCUT2D eigenvalue weighted by Crippen LogP contribution is -2.13. The molecule has 20 heavy (non-hydrogen) atoms. The van der Waals surface area contributed by atoms with Crippen LogP contribution in [0.2, 0.25) is 0 Å². The van der Waals surface area contributed by atoms with Crippen molar-refractivity contribution in [1.82, 2.24) is 0 Å². The van der Waals surface area contributed by atoms with E-state index in [0.717, 1.165) is 5.56 Å². The fourth-order valence-electron chi connectivity index (χ4n) is 1.92. The summed E-state index contributed by atoms with van der Waals surface area (Å²) in [5.41, 5.74) is 6.20. The number of primary amides is 1. The van der Waals surface area contributed by atoms with Crippen molar-refractivity contribution in [2.24, 2.45) is 5.73 Å². The van der Waals surface area contributed by atoms with Crippen LogP contribution in [0.25, 0.3) is 0 Å². The van der Waals surface area contributed by atoms with E-state index >= 15 is 0 Å². The highest BCUT2D eigenvalue weighted by Crippen LogP contribution is 2.25. The van der Waals surface area contributed by atoms with E-state index in [4.69, 9.17) is 10.5 Å². The maximum absolute atomic E-state index is 12.8. The first-order valence-electron chi connectivity index (χ1n) is 6.36. The molecule has 2 rings (SSSR count). The molecule has 0 spiro atoms. The van der Waals surface area contributed by atoms with Crippen molar-refractivity contribution < 1.29 is 13.9 Å². The normalized spacial score (nSPS) is 11.9. The van der Waals surface area contributed by atoms with Gasteiger partial charge in [-0.2, -0.15) is 0 Å². The van der Waals surface area contributed by atoms with Gasteiger partial charge in [0, 0.05) is 6.42 Å². The Labute approximate surface area is 117 Å². The Morgan fingerprint density at radius 3 is 2.10 bits per heavy atom. The molecule has 2 aromatic rings. The third kappa shape index (κ3) is 3.82. The molecule has 1 unspecified atom stereocenters. The smallest absolute Gasteiger partial charge is 0.218 e. The van der Waals surface area contributed by atoms with Gasteiger partial charge in [-0.05, 0) is 47.9 Å². The number of carbonyl (C=O) groups is 1. The van der Waals surface area contributed by atoms with Crippen LogP contribution in [0.4, 0.5) is 4.39 Å². The SMILES string of the molecule is CC(CC(N)=O)c1ccc(Oc2ccc(F)cc2)cc1. The van der Waals surface area contributed by atoms with Crippen LogP contribution in [-0.2, 0) is 4.79 Å². The van der Waals surface area contributed by atoms with Crippen LogP contribution < -0.4 is 10.5 Å². The van der Waals surface area contributed by atoms with E-state index in [1.807, 2.05) is 31.2 Å². The first kappa shape index (κ1) is 14.1. The molecule has 0 aliphatic heterocycles. The number of benzene rings is 2. The van der Waals surface area contributed by atoms with Gasteiger partial charge in [-0.25, -0.2) is 4.39 Å². The van der Waals surface area contributed by atoms with Crippen LogP contribution in [0.5, 0.6) is 11.5 Å². The van der Waals surface area contributed by atoms with E-state index in [2.05, 4.69) is 0 Å². The van der Waals surface area contributed by atoms with Crippen molar-refractivity contribution in [2.45, 2.75) is 19.3 Å². The van der Waals surface area contributed by atoms with Gasteiger partial charge in [-0.15, -0.1) is 0 Å². The summed E-state index contributed by atoms with van der Waals surface area (Å²) < 4.78 is 18.4. The molecule has 0 bridgehead atoms. The summed E-state index contributed by atoms with van der Waals surface area (Å²) in [7, 11) is 0. The second-order valence-corrected chi connectivity index (χ2v) is 4.70. The molecule has 0 saturated heterocycles. The molecule has 4 heteroatoms. The van der Waals surface area contributed by atoms with E-state index in [9.17, 15) is 9.18 Å². The zero-order valence-electron chi connectivity index (χ0n) is 11.2. The maximum Gasteiger partial charge on any atom is 0.218 e. The van der Waals surface area contributed by atoms with E-state index in [1.54, 1.807) is 12.1 Å². The zero-order chi connectivity index (χ0) is 14.5. The minimum absolute atomic E-state index is 0.0763. The first-order valence-corrected chi connectivity index (χ1v) is 6.36. The van der Waals surface area contributed by atoms with Gasteiger partial charge in [0.05, 0.1) is 0 Å². The molecule has 3 nitrogen and oxygen atoms in total. The molecule has 104 valence electrons. The number of halogens is 1. The number of ether oxygens (including phenoxy) is 1. The summed E-state index contributed by atoms with van der Waals surface area (Å²) >= 11 is 0. The van der Waals surface area contributed by atoms with Gasteiger partial charge < -0.3 is 10.5 Å². The maximum atomic E-state index is 12.8. The summed E-state index contributed by atoms with van der Waals surface area (Å²) in [5, 5.41) is 0. The van der Waals surface area contributed by atoms with Crippen LogP contribution in [0.15, 0.2) is 48.5 Å². The Hall–Kier alpha value is -2.36. The standard InChI is InChI=1S/C16H16FNO2/c1-11(10-16(18)19)12-2-6-14(7-3-12)20-15-8-4-13(17)5-9-15/h2-9,11H,10H2,1H3,(H2,18,19). The van der Waals surface area contributed by atoms with Gasteiger partial charge in [0.25, 0.3) is 0 Å². The van der Waals surface area contributed by atoms with Crippen molar-refractivity contribution in [3.8, 4) is 11.5 Å². The van der Waals surface area contributed by atoms with E-state index < -0.39 is 0 Å². The Morgan fingerprint density at radius 1 is 1.10 bits per heavy atom. The van der Waals surface area contributed by atoms with Gasteiger partial charge >= 0.3 is 0 Å². The molecular weight excluding hydrogens is 257 g/mol. The van der Waals surface area contributed by atoms with Crippen molar-refractivity contribution in [3.63, 3.8) is 0 Å². The highest BCUT2D eigenvalue weighted by molar-refractivity contribution is 5.74. The Balaban J connectivity index is 2.04. The summed E-state index contributed by atoms with van der Waals surface area (Å²) in [4.78, 5) is 10.9. The van der Waals surface area contributed by atoms with Crippen molar-refractivity contribution >= 4 is 5.91 Å². The summed E-state index contributed by atoms with van der Waals surface area (Å²) in [5.74, 6) is 0.695. The first-order chi connectivity index (χ1) is 9.54. The lowest BCUT2D eigenvalue weighted by molar-refractivity contribution is -0.118. The molecule has 0 heterocycles. The minimum Gasteiger partial charge on any atom is -0.457 e. The van der Waals surface area contributed by atoms with Gasteiger partial charge in [0.2, 0.25) is 5.91 Å². The van der Waals surface area contributed by atoms with E-state index in [-0.39, 0.29) is 17.6 Å². The highest BCUT2D eigenvalue weighted by atomic mass is 19.1. The van der Waals surface area contributed by atoms with Crippen molar-refractivity contribution in [2.75, 3.05) is 0 Å². The van der Waals surface area contributed by atoms with Gasteiger partial charge in [-0.3, -0.25) is 4.79 Å². The summed E-state index contributed by atoms with van der Waals surface area (Å²) in [6, 6.07) is 13.3. The number of nitrogens with two attached hydrogens (primary N) is 1. The zero-order valence-corrected chi connectivity index (χ0v) is 11.2. The monoisotopic (exact) mass is 273 g/mol. The average Bonchev–Trinajstić information content (AvgIpc) is 2.41. The number of rotatable bonds is 5. The predicted molar refractivity (Wildman–Crippen MR) is 75.1 cm³/mol. The Kier molecular flexibility index (Phi) is 4.35. The fourth-order valence-corrected chi connectivity index (χ4v) is 1.92. The second-order valence-electron chi connectivity index (χ2n) is 4.70. The number of carbonyl (C=O) groups excluding carboxylic acids is 1. The molecule has 0 fully saturated rings. The van der Waals surface area contributed by atoms with E-state index in [0.29, 0.717) is 17.9 Å². The third-order valence-electron chi connectivity index (χ3n) is 3.01. The minimum atomic E-state index is -0.316. The average molecular weight is 273 g/mol. The van der Waals surface area contributed by atoms with Crippen LogP contribution >= 0.6 is 0 Å². The van der Waals surface area contributed by atoms with Crippen LogP contribution in [0.3, 0.4) is 0 Å². The quantitative estimate of drug-likeness (QED) is 0.905. The molecule has 2 N–H and O–H groups in total. The van der Waals surface area contributed by atoms with Gasteiger partial charge in [0.15, 0.2) is 0 Å². The number of hydrogen-bond acceptors (Lipinski definition) is 2. The molecule has 2 aromatic carbocycles. The molecule has 0 radical (unpaired) electrons. The highest BCUT2D eigenvalue weighted by Gasteiger charge is 2.09. The van der Waals surface area contributed by atoms with Gasteiger partial charge in [0.1, 0.15) is 17.3 Å². The van der Waals surface area contributed by atoms with Crippen molar-refractivity contribution in [3.05, 3.63) is 59.9 Å². The van der Waals surface area contributed by atoms with E-state index in [1.165, 1.54) is 12.1 Å². The molecule has 0 aromatic heterocycles.